The SMILES string of the molecule is CN(C(=O)c1ccc2c(=O)[nH]ncc2c1)C1CCN(S(C)(=O)=O)C1. The number of hydrogen-bond donors (Lipinski definition) is 1. The number of H-pyrrole nitrogens is 1. The molecule has 1 aliphatic rings. The first kappa shape index (κ1) is 16.6. The lowest BCUT2D eigenvalue weighted by Gasteiger charge is -2.24. The van der Waals surface area contributed by atoms with Crippen molar-refractivity contribution in [2.24, 2.45) is 0 Å². The van der Waals surface area contributed by atoms with E-state index < -0.39 is 10.0 Å². The van der Waals surface area contributed by atoms with E-state index >= 15 is 0 Å². The molecule has 1 unspecified atom stereocenters. The van der Waals surface area contributed by atoms with E-state index in [1.807, 2.05) is 0 Å². The number of aromatic amines is 1. The lowest BCUT2D eigenvalue weighted by molar-refractivity contribution is 0.0740. The van der Waals surface area contributed by atoms with Gasteiger partial charge in [0.25, 0.3) is 11.5 Å². The second-order valence-electron chi connectivity index (χ2n) is 5.98. The van der Waals surface area contributed by atoms with Crippen molar-refractivity contribution in [2.45, 2.75) is 12.5 Å². The van der Waals surface area contributed by atoms with E-state index in [1.54, 1.807) is 30.1 Å². The molecule has 1 N–H and O–H groups in total. The molecule has 1 atom stereocenters. The molecule has 2 heterocycles. The van der Waals surface area contributed by atoms with Gasteiger partial charge < -0.3 is 4.90 Å². The van der Waals surface area contributed by atoms with E-state index in [4.69, 9.17) is 0 Å². The third-order valence-electron chi connectivity index (χ3n) is 4.38. The molecule has 0 aliphatic carbocycles. The van der Waals surface area contributed by atoms with E-state index in [-0.39, 0.29) is 17.5 Å². The van der Waals surface area contributed by atoms with Crippen LogP contribution >= 0.6 is 0 Å². The van der Waals surface area contributed by atoms with Crippen molar-refractivity contribution in [3.8, 4) is 0 Å². The summed E-state index contributed by atoms with van der Waals surface area (Å²) in [6.45, 7) is 0.716. The van der Waals surface area contributed by atoms with Gasteiger partial charge in [0, 0.05) is 37.1 Å². The van der Waals surface area contributed by atoms with E-state index in [1.165, 1.54) is 16.8 Å². The first-order valence-corrected chi connectivity index (χ1v) is 9.32. The van der Waals surface area contributed by atoms with Gasteiger partial charge in [-0.25, -0.2) is 17.8 Å². The fourth-order valence-corrected chi connectivity index (χ4v) is 3.81. The Hall–Kier alpha value is -2.26. The maximum absolute atomic E-state index is 12.7. The Morgan fingerprint density at radius 2 is 2.17 bits per heavy atom. The van der Waals surface area contributed by atoms with Crippen molar-refractivity contribution in [1.29, 1.82) is 0 Å². The second-order valence-corrected chi connectivity index (χ2v) is 7.96. The summed E-state index contributed by atoms with van der Waals surface area (Å²) in [6, 6.07) is 4.65. The van der Waals surface area contributed by atoms with Gasteiger partial charge in [-0.15, -0.1) is 0 Å². The fraction of sp³-hybridized carbons (Fsp3) is 0.400. The molecule has 0 saturated carbocycles. The lowest BCUT2D eigenvalue weighted by Crippen LogP contribution is -2.39. The number of rotatable bonds is 3. The van der Waals surface area contributed by atoms with Gasteiger partial charge in [-0.1, -0.05) is 0 Å². The summed E-state index contributed by atoms with van der Waals surface area (Å²) < 4.78 is 24.6. The Labute approximate surface area is 139 Å². The van der Waals surface area contributed by atoms with Crippen LogP contribution in [0, 0.1) is 0 Å². The largest absolute Gasteiger partial charge is 0.337 e. The predicted octanol–water partition coefficient (Wildman–Crippen LogP) is 0.0290. The van der Waals surface area contributed by atoms with Gasteiger partial charge in [-0.05, 0) is 24.6 Å². The Balaban J connectivity index is 1.83. The van der Waals surface area contributed by atoms with Crippen molar-refractivity contribution in [2.75, 3.05) is 26.4 Å². The monoisotopic (exact) mass is 350 g/mol. The zero-order valence-electron chi connectivity index (χ0n) is 13.4. The van der Waals surface area contributed by atoms with Crippen LogP contribution in [0.5, 0.6) is 0 Å². The average molecular weight is 350 g/mol. The second kappa shape index (κ2) is 5.99. The molecule has 1 amide bonds. The Morgan fingerprint density at radius 1 is 1.42 bits per heavy atom. The van der Waals surface area contributed by atoms with Gasteiger partial charge in [-0.2, -0.15) is 5.10 Å². The summed E-state index contributed by atoms with van der Waals surface area (Å²) in [4.78, 5) is 25.9. The molecule has 1 aliphatic heterocycles. The van der Waals surface area contributed by atoms with Crippen LogP contribution in [0.1, 0.15) is 16.8 Å². The molecule has 1 aromatic heterocycles. The molecular formula is C15H18N4O4S. The molecule has 0 bridgehead atoms. The third kappa shape index (κ3) is 3.04. The van der Waals surface area contributed by atoms with Crippen molar-refractivity contribution >= 4 is 26.7 Å². The molecule has 0 spiro atoms. The van der Waals surface area contributed by atoms with E-state index in [0.717, 1.165) is 0 Å². The minimum atomic E-state index is -3.24. The summed E-state index contributed by atoms with van der Waals surface area (Å²) >= 11 is 0. The highest BCUT2D eigenvalue weighted by molar-refractivity contribution is 7.88. The molecule has 9 heteroatoms. The van der Waals surface area contributed by atoms with Crippen LogP contribution in [0.2, 0.25) is 0 Å². The number of sulfonamides is 1. The van der Waals surface area contributed by atoms with Crippen LogP contribution < -0.4 is 5.56 Å². The molecule has 2 aromatic rings. The summed E-state index contributed by atoms with van der Waals surface area (Å²) in [7, 11) is -1.58. The van der Waals surface area contributed by atoms with Crippen LogP contribution in [0.3, 0.4) is 0 Å². The summed E-state index contributed by atoms with van der Waals surface area (Å²) in [6.07, 6.45) is 3.27. The standard InChI is InChI=1S/C15H18N4O4S/c1-18(12-5-6-19(9-12)24(2,22)23)15(21)10-3-4-13-11(7-10)8-16-17-14(13)20/h3-4,7-8,12H,5-6,9H2,1-2H3,(H,17,20). The number of nitrogens with one attached hydrogen (secondary N) is 1. The molecule has 128 valence electrons. The van der Waals surface area contributed by atoms with Crippen LogP contribution in [-0.2, 0) is 10.0 Å². The number of fused-ring (bicyclic) bond motifs is 1. The minimum absolute atomic E-state index is 0.166. The van der Waals surface area contributed by atoms with Crippen LogP contribution in [0.4, 0.5) is 0 Å². The first-order chi connectivity index (χ1) is 11.3. The number of likely N-dealkylation sites (N-methyl/N-ethyl adjacent to an activating group) is 1. The Bertz CT molecular complexity index is 953. The summed E-state index contributed by atoms with van der Waals surface area (Å²) in [5, 5.41) is 7.13. The van der Waals surface area contributed by atoms with Crippen molar-refractivity contribution in [1.82, 2.24) is 19.4 Å². The average Bonchev–Trinajstić information content (AvgIpc) is 3.03. The quantitative estimate of drug-likeness (QED) is 0.841. The smallest absolute Gasteiger partial charge is 0.272 e. The first-order valence-electron chi connectivity index (χ1n) is 7.47. The van der Waals surface area contributed by atoms with E-state index in [2.05, 4.69) is 10.2 Å². The van der Waals surface area contributed by atoms with Crippen LogP contribution in [0.25, 0.3) is 10.8 Å². The zero-order chi connectivity index (χ0) is 17.5. The lowest BCUT2D eigenvalue weighted by atomic mass is 10.1. The number of carbonyl (C=O) groups excluding carboxylic acids is 1. The number of nitrogens with zero attached hydrogens (tertiary/aromatic N) is 3. The fourth-order valence-electron chi connectivity index (χ4n) is 2.93. The molecule has 8 nitrogen and oxygen atoms in total. The highest BCUT2D eigenvalue weighted by Gasteiger charge is 2.33. The van der Waals surface area contributed by atoms with Crippen LogP contribution in [0.15, 0.2) is 29.2 Å². The maximum Gasteiger partial charge on any atom is 0.272 e. The van der Waals surface area contributed by atoms with Crippen LogP contribution in [-0.4, -0.2) is 66.2 Å². The highest BCUT2D eigenvalue weighted by atomic mass is 32.2. The van der Waals surface area contributed by atoms with Gasteiger partial charge in [0.05, 0.1) is 17.8 Å². The van der Waals surface area contributed by atoms with Crippen molar-refractivity contribution in [3.05, 3.63) is 40.3 Å². The normalized spacial score (nSPS) is 18.8. The summed E-state index contributed by atoms with van der Waals surface area (Å²) in [5.41, 5.74) is 0.134. The molecular weight excluding hydrogens is 332 g/mol. The Morgan fingerprint density at radius 3 is 2.83 bits per heavy atom. The van der Waals surface area contributed by atoms with Gasteiger partial charge in [0.1, 0.15) is 0 Å². The maximum atomic E-state index is 12.7. The van der Waals surface area contributed by atoms with Gasteiger partial charge >= 0.3 is 0 Å². The van der Waals surface area contributed by atoms with Crippen molar-refractivity contribution < 1.29 is 13.2 Å². The number of carbonyl (C=O) groups is 1. The highest BCUT2D eigenvalue weighted by Crippen LogP contribution is 2.20. The molecule has 1 saturated heterocycles. The molecule has 0 radical (unpaired) electrons. The number of hydrogen-bond acceptors (Lipinski definition) is 5. The molecule has 24 heavy (non-hydrogen) atoms. The van der Waals surface area contributed by atoms with E-state index in [0.29, 0.717) is 35.8 Å². The van der Waals surface area contributed by atoms with E-state index in [9.17, 15) is 18.0 Å². The number of amides is 1. The predicted molar refractivity (Wildman–Crippen MR) is 89.3 cm³/mol. The van der Waals surface area contributed by atoms with Gasteiger partial charge in [-0.3, -0.25) is 9.59 Å². The number of benzene rings is 1. The zero-order valence-corrected chi connectivity index (χ0v) is 14.2. The summed E-state index contributed by atoms with van der Waals surface area (Å²) in [5.74, 6) is -0.211. The molecule has 1 fully saturated rings. The topological polar surface area (TPSA) is 103 Å². The Kier molecular flexibility index (Phi) is 4.14. The van der Waals surface area contributed by atoms with Gasteiger partial charge in [0.15, 0.2) is 0 Å². The third-order valence-corrected chi connectivity index (χ3v) is 5.65. The number of aromatic nitrogens is 2. The minimum Gasteiger partial charge on any atom is -0.337 e. The van der Waals surface area contributed by atoms with Gasteiger partial charge in [0.2, 0.25) is 10.0 Å². The molecule has 3 rings (SSSR count). The molecule has 1 aromatic carbocycles. The van der Waals surface area contributed by atoms with Crippen molar-refractivity contribution in [3.63, 3.8) is 0 Å².